The van der Waals surface area contributed by atoms with E-state index in [1.807, 2.05) is 13.1 Å². The van der Waals surface area contributed by atoms with E-state index in [4.69, 9.17) is 5.73 Å². The van der Waals surface area contributed by atoms with Crippen LogP contribution in [0.3, 0.4) is 0 Å². The van der Waals surface area contributed by atoms with Crippen LogP contribution in [0.1, 0.15) is 71.7 Å². The lowest BCUT2D eigenvalue weighted by atomic mass is 9.75. The van der Waals surface area contributed by atoms with Gasteiger partial charge in [0.2, 0.25) is 0 Å². The molecule has 6 rings (SSSR count). The van der Waals surface area contributed by atoms with E-state index >= 15 is 0 Å². The van der Waals surface area contributed by atoms with E-state index in [0.29, 0.717) is 12.2 Å². The largest absolute Gasteiger partial charge is 0.378 e. The van der Waals surface area contributed by atoms with E-state index < -0.39 is 17.3 Å². The third-order valence-electron chi connectivity index (χ3n) is 6.32. The SMILES string of the molecule is Cn1nccc1Cc1c(C(N)=O)nc2n1C1CC(C1)c1cc(F)c(C#CC(C)(C)O)cc1-2. The van der Waals surface area contributed by atoms with Crippen LogP contribution in [0.25, 0.3) is 11.4 Å². The molecule has 2 bridgehead atoms. The van der Waals surface area contributed by atoms with Gasteiger partial charge in [-0.15, -0.1) is 0 Å². The Morgan fingerprint density at radius 2 is 2.12 bits per heavy atom. The number of rotatable bonds is 3. The number of benzene rings is 1. The quantitative estimate of drug-likeness (QED) is 0.621. The molecule has 2 aliphatic heterocycles. The van der Waals surface area contributed by atoms with Crippen molar-refractivity contribution in [1.29, 1.82) is 0 Å². The van der Waals surface area contributed by atoms with Gasteiger partial charge in [0, 0.05) is 37.0 Å². The lowest BCUT2D eigenvalue weighted by Crippen LogP contribution is -2.26. The third kappa shape index (κ3) is 3.30. The fraction of sp³-hybridized carbons (Fsp3) is 0.375. The van der Waals surface area contributed by atoms with Gasteiger partial charge in [0.1, 0.15) is 22.9 Å². The molecule has 0 unspecified atom stereocenters. The Balaban J connectivity index is 1.72. The Labute approximate surface area is 185 Å². The fourth-order valence-electron chi connectivity index (χ4n) is 4.65. The van der Waals surface area contributed by atoms with Gasteiger partial charge in [-0.1, -0.05) is 11.8 Å². The van der Waals surface area contributed by atoms with Gasteiger partial charge in [0.25, 0.3) is 5.91 Å². The number of halogens is 1. The molecule has 3 N–H and O–H groups in total. The highest BCUT2D eigenvalue weighted by atomic mass is 19.1. The molecule has 1 aromatic carbocycles. The molecule has 7 nitrogen and oxygen atoms in total. The minimum absolute atomic E-state index is 0.167. The highest BCUT2D eigenvalue weighted by Gasteiger charge is 2.41. The predicted octanol–water partition coefficient (Wildman–Crippen LogP) is 2.67. The number of hydrogen-bond acceptors (Lipinski definition) is 4. The van der Waals surface area contributed by atoms with Gasteiger partial charge in [0.15, 0.2) is 0 Å². The molecule has 2 aromatic heterocycles. The van der Waals surface area contributed by atoms with Gasteiger partial charge < -0.3 is 15.4 Å². The third-order valence-corrected chi connectivity index (χ3v) is 6.32. The zero-order chi connectivity index (χ0) is 22.8. The average molecular weight is 433 g/mol. The fourth-order valence-corrected chi connectivity index (χ4v) is 4.65. The maximum atomic E-state index is 14.9. The Hall–Kier alpha value is -3.44. The monoisotopic (exact) mass is 433 g/mol. The van der Waals surface area contributed by atoms with Crippen LogP contribution in [-0.2, 0) is 13.5 Å². The lowest BCUT2D eigenvalue weighted by molar-refractivity contribution is 0.0994. The van der Waals surface area contributed by atoms with Gasteiger partial charge >= 0.3 is 0 Å². The van der Waals surface area contributed by atoms with Crippen LogP contribution >= 0.6 is 0 Å². The van der Waals surface area contributed by atoms with Crippen LogP contribution < -0.4 is 5.73 Å². The maximum Gasteiger partial charge on any atom is 0.269 e. The first-order chi connectivity index (χ1) is 15.1. The Morgan fingerprint density at radius 1 is 1.38 bits per heavy atom. The van der Waals surface area contributed by atoms with Crippen LogP contribution in [0, 0.1) is 17.7 Å². The van der Waals surface area contributed by atoms with Crippen molar-refractivity contribution >= 4 is 5.91 Å². The molecule has 0 saturated heterocycles. The Morgan fingerprint density at radius 3 is 2.75 bits per heavy atom. The van der Waals surface area contributed by atoms with Gasteiger partial charge in [-0.2, -0.15) is 5.10 Å². The number of hydrogen-bond donors (Lipinski definition) is 2. The Bertz CT molecular complexity index is 1310. The highest BCUT2D eigenvalue weighted by Crippen LogP contribution is 2.53. The van der Waals surface area contributed by atoms with Gasteiger partial charge in [0.05, 0.1) is 11.3 Å². The lowest BCUT2D eigenvalue weighted by Gasteiger charge is -2.35. The second-order valence-electron chi connectivity index (χ2n) is 9.14. The molecule has 1 aliphatic carbocycles. The molecule has 0 spiro atoms. The summed E-state index contributed by atoms with van der Waals surface area (Å²) in [5, 5.41) is 14.2. The molecule has 0 atom stereocenters. The molecule has 164 valence electrons. The number of primary amides is 1. The molecule has 32 heavy (non-hydrogen) atoms. The molecular weight excluding hydrogens is 409 g/mol. The summed E-state index contributed by atoms with van der Waals surface area (Å²) >= 11 is 0. The normalized spacial score (nSPS) is 18.7. The van der Waals surface area contributed by atoms with Crippen molar-refractivity contribution < 1.29 is 14.3 Å². The summed E-state index contributed by atoms with van der Waals surface area (Å²) in [5.74, 6) is 5.25. The topological polar surface area (TPSA) is 99.0 Å². The van der Waals surface area contributed by atoms with Crippen LogP contribution in [0.15, 0.2) is 24.4 Å². The van der Waals surface area contributed by atoms with Crippen molar-refractivity contribution in [3.05, 3.63) is 58.4 Å². The smallest absolute Gasteiger partial charge is 0.269 e. The number of aliphatic hydroxyl groups is 1. The summed E-state index contributed by atoms with van der Waals surface area (Å²) in [6.45, 7) is 3.10. The van der Waals surface area contributed by atoms with Crippen molar-refractivity contribution in [3.63, 3.8) is 0 Å². The first-order valence-corrected chi connectivity index (χ1v) is 10.6. The van der Waals surface area contributed by atoms with Crippen LogP contribution in [-0.4, -0.2) is 35.9 Å². The van der Waals surface area contributed by atoms with E-state index in [9.17, 15) is 14.3 Å². The molecule has 1 fully saturated rings. The zero-order valence-corrected chi connectivity index (χ0v) is 18.2. The van der Waals surface area contributed by atoms with Crippen molar-refractivity contribution in [3.8, 4) is 23.2 Å². The number of aryl methyl sites for hydroxylation is 1. The van der Waals surface area contributed by atoms with Crippen molar-refractivity contribution in [1.82, 2.24) is 19.3 Å². The maximum absolute atomic E-state index is 14.9. The second-order valence-corrected chi connectivity index (χ2v) is 9.14. The molecule has 0 radical (unpaired) electrons. The second kappa shape index (κ2) is 7.04. The van der Waals surface area contributed by atoms with E-state index in [1.54, 1.807) is 30.8 Å². The van der Waals surface area contributed by atoms with E-state index in [0.717, 1.165) is 35.4 Å². The first kappa shape index (κ1) is 20.5. The van der Waals surface area contributed by atoms with E-state index in [2.05, 4.69) is 26.5 Å². The van der Waals surface area contributed by atoms with Gasteiger partial charge in [-0.25, -0.2) is 9.37 Å². The molecule has 3 aromatic rings. The van der Waals surface area contributed by atoms with E-state index in [-0.39, 0.29) is 23.2 Å². The van der Waals surface area contributed by atoms with Crippen LogP contribution in [0.4, 0.5) is 4.39 Å². The number of carbonyl (C=O) groups excluding carboxylic acids is 1. The highest BCUT2D eigenvalue weighted by molar-refractivity contribution is 5.93. The molecule has 1 saturated carbocycles. The number of nitrogens with two attached hydrogens (primary N) is 1. The molecule has 4 heterocycles. The molecular formula is C24H24FN5O2. The summed E-state index contributed by atoms with van der Waals surface area (Å²) in [7, 11) is 1.85. The van der Waals surface area contributed by atoms with Crippen LogP contribution in [0.5, 0.6) is 0 Å². The van der Waals surface area contributed by atoms with Gasteiger partial charge in [-0.05, 0) is 56.4 Å². The summed E-state index contributed by atoms with van der Waals surface area (Å²) in [4.78, 5) is 17.0. The number of imidazole rings is 1. The Kier molecular flexibility index (Phi) is 4.50. The molecule has 1 amide bonds. The molecule has 3 aliphatic rings. The van der Waals surface area contributed by atoms with Crippen molar-refractivity contribution in [2.24, 2.45) is 12.8 Å². The van der Waals surface area contributed by atoms with Crippen molar-refractivity contribution in [2.45, 2.75) is 50.7 Å². The molecule has 8 heteroatoms. The standard InChI is InChI=1S/C24H24FN5O2/c1-24(2,32)6-4-13-10-18-17(12-19(13)25)14-8-16(9-14)30-20(11-15-5-7-27-29(15)3)21(22(26)31)28-23(18)30/h5,7,10,12,14,16,32H,8-9,11H2,1-3H3,(H2,26,31). The number of amides is 1. The summed E-state index contributed by atoms with van der Waals surface area (Å²) in [6.07, 6.45) is 3.87. The minimum Gasteiger partial charge on any atom is -0.378 e. The minimum atomic E-state index is -1.24. The summed E-state index contributed by atoms with van der Waals surface area (Å²) in [5.41, 5.74) is 8.21. The van der Waals surface area contributed by atoms with E-state index in [1.165, 1.54) is 6.07 Å². The summed E-state index contributed by atoms with van der Waals surface area (Å²) < 4.78 is 18.7. The van der Waals surface area contributed by atoms with Crippen LogP contribution in [0.2, 0.25) is 0 Å². The number of carbonyl (C=O) groups is 1. The van der Waals surface area contributed by atoms with Crippen molar-refractivity contribution in [2.75, 3.05) is 0 Å². The number of nitrogens with zero attached hydrogens (tertiary/aromatic N) is 4. The predicted molar refractivity (Wildman–Crippen MR) is 116 cm³/mol. The number of aromatic nitrogens is 4. The zero-order valence-electron chi connectivity index (χ0n) is 18.2. The van der Waals surface area contributed by atoms with Gasteiger partial charge in [-0.3, -0.25) is 9.48 Å². The average Bonchev–Trinajstić information content (AvgIpc) is 3.17. The summed E-state index contributed by atoms with van der Waals surface area (Å²) in [6, 6.07) is 5.28. The first-order valence-electron chi connectivity index (χ1n) is 10.6.